The highest BCUT2D eigenvalue weighted by atomic mass is 32.2. The molecule has 1 aromatic rings. The predicted molar refractivity (Wildman–Crippen MR) is 75.9 cm³/mol. The first kappa shape index (κ1) is 15.5. The van der Waals surface area contributed by atoms with Crippen molar-refractivity contribution in [3.63, 3.8) is 0 Å². The zero-order chi connectivity index (χ0) is 14.6. The van der Waals surface area contributed by atoms with Crippen LogP contribution in [0.3, 0.4) is 0 Å². The fourth-order valence-corrected chi connectivity index (χ4v) is 3.49. The van der Waals surface area contributed by atoms with E-state index in [-0.39, 0.29) is 17.8 Å². The first-order chi connectivity index (χ1) is 9.50. The zero-order valence-corrected chi connectivity index (χ0v) is 13.0. The van der Waals surface area contributed by atoms with E-state index in [2.05, 4.69) is 5.16 Å². The molecule has 1 aliphatic rings. The molecule has 1 atom stereocenters. The van der Waals surface area contributed by atoms with Crippen LogP contribution in [0.25, 0.3) is 0 Å². The van der Waals surface area contributed by atoms with E-state index in [0.717, 1.165) is 31.4 Å². The zero-order valence-electron chi connectivity index (χ0n) is 12.2. The van der Waals surface area contributed by atoms with Gasteiger partial charge in [0.2, 0.25) is 0 Å². The fourth-order valence-electron chi connectivity index (χ4n) is 2.75. The second-order valence-corrected chi connectivity index (χ2v) is 7.40. The van der Waals surface area contributed by atoms with Crippen molar-refractivity contribution in [2.75, 3.05) is 5.75 Å². The van der Waals surface area contributed by atoms with E-state index in [4.69, 9.17) is 8.71 Å². The number of hydrogen-bond acceptors (Lipinski definition) is 5. The van der Waals surface area contributed by atoms with Crippen LogP contribution in [0.4, 0.5) is 0 Å². The SMILES string of the molecule is CCS(=O)(=O)OC(Cc1cc(C)no1)C1CCCCC1. The van der Waals surface area contributed by atoms with Gasteiger partial charge in [0.1, 0.15) is 5.76 Å². The molecule has 1 aliphatic carbocycles. The molecule has 5 nitrogen and oxygen atoms in total. The van der Waals surface area contributed by atoms with E-state index in [9.17, 15) is 8.42 Å². The number of nitrogens with zero attached hydrogens (tertiary/aromatic N) is 1. The minimum atomic E-state index is -3.44. The van der Waals surface area contributed by atoms with Gasteiger partial charge in [-0.05, 0) is 32.6 Å². The smallest absolute Gasteiger partial charge is 0.267 e. The summed E-state index contributed by atoms with van der Waals surface area (Å²) >= 11 is 0. The maximum atomic E-state index is 11.8. The lowest BCUT2D eigenvalue weighted by molar-refractivity contribution is 0.107. The Labute approximate surface area is 120 Å². The van der Waals surface area contributed by atoms with Crippen molar-refractivity contribution in [3.8, 4) is 0 Å². The van der Waals surface area contributed by atoms with E-state index in [1.165, 1.54) is 6.42 Å². The van der Waals surface area contributed by atoms with Gasteiger partial charge in [0.15, 0.2) is 0 Å². The van der Waals surface area contributed by atoms with Crippen molar-refractivity contribution < 1.29 is 17.1 Å². The van der Waals surface area contributed by atoms with Gasteiger partial charge in [0.25, 0.3) is 10.1 Å². The molecular weight excluding hydrogens is 278 g/mol. The van der Waals surface area contributed by atoms with Crippen LogP contribution in [0.1, 0.15) is 50.5 Å². The van der Waals surface area contributed by atoms with Gasteiger partial charge in [-0.25, -0.2) is 0 Å². The van der Waals surface area contributed by atoms with Crippen LogP contribution >= 0.6 is 0 Å². The highest BCUT2D eigenvalue weighted by Crippen LogP contribution is 2.30. The fraction of sp³-hybridized carbons (Fsp3) is 0.786. The van der Waals surface area contributed by atoms with E-state index in [0.29, 0.717) is 12.2 Å². The van der Waals surface area contributed by atoms with Crippen molar-refractivity contribution in [2.24, 2.45) is 5.92 Å². The molecule has 1 fully saturated rings. The third-order valence-corrected chi connectivity index (χ3v) is 5.13. The summed E-state index contributed by atoms with van der Waals surface area (Å²) in [5, 5.41) is 3.85. The molecule has 0 aromatic carbocycles. The standard InChI is InChI=1S/C14H23NO4S/c1-3-20(16,17)19-14(12-7-5-4-6-8-12)10-13-9-11(2)15-18-13/h9,12,14H,3-8,10H2,1-2H3. The first-order valence-electron chi connectivity index (χ1n) is 7.33. The summed E-state index contributed by atoms with van der Waals surface area (Å²) in [6.45, 7) is 3.46. The van der Waals surface area contributed by atoms with Crippen LogP contribution in [0.5, 0.6) is 0 Å². The van der Waals surface area contributed by atoms with Crippen molar-refractivity contribution >= 4 is 10.1 Å². The number of rotatable bonds is 6. The molecular formula is C14H23NO4S. The Balaban J connectivity index is 2.10. The summed E-state index contributed by atoms with van der Waals surface area (Å²) in [4.78, 5) is 0. The molecule has 0 aliphatic heterocycles. The number of aryl methyl sites for hydroxylation is 1. The van der Waals surface area contributed by atoms with Gasteiger partial charge < -0.3 is 4.52 Å². The van der Waals surface area contributed by atoms with Gasteiger partial charge in [-0.15, -0.1) is 0 Å². The van der Waals surface area contributed by atoms with Crippen LogP contribution < -0.4 is 0 Å². The molecule has 1 saturated carbocycles. The molecule has 2 rings (SSSR count). The Morgan fingerprint density at radius 3 is 2.65 bits per heavy atom. The molecule has 1 unspecified atom stereocenters. The first-order valence-corrected chi connectivity index (χ1v) is 8.91. The van der Waals surface area contributed by atoms with Crippen LogP contribution in [-0.2, 0) is 20.7 Å². The maximum absolute atomic E-state index is 11.8. The lowest BCUT2D eigenvalue weighted by Gasteiger charge is -2.29. The average molecular weight is 301 g/mol. The lowest BCUT2D eigenvalue weighted by atomic mass is 9.84. The molecule has 1 aromatic heterocycles. The quantitative estimate of drug-likeness (QED) is 0.756. The van der Waals surface area contributed by atoms with Crippen molar-refractivity contribution in [2.45, 2.75) is 58.5 Å². The molecule has 6 heteroatoms. The highest BCUT2D eigenvalue weighted by Gasteiger charge is 2.29. The summed E-state index contributed by atoms with van der Waals surface area (Å²) in [5.74, 6) is 0.992. The summed E-state index contributed by atoms with van der Waals surface area (Å²) in [6, 6.07) is 1.84. The Morgan fingerprint density at radius 2 is 2.10 bits per heavy atom. The summed E-state index contributed by atoms with van der Waals surface area (Å²) < 4.78 is 34.2. The van der Waals surface area contributed by atoms with Gasteiger partial charge in [0.05, 0.1) is 17.6 Å². The Hall–Kier alpha value is -0.880. The minimum absolute atomic E-state index is 0.00561. The van der Waals surface area contributed by atoms with Crippen LogP contribution in [-0.4, -0.2) is 25.4 Å². The molecule has 0 radical (unpaired) electrons. The molecule has 1 heterocycles. The second kappa shape index (κ2) is 6.72. The topological polar surface area (TPSA) is 69.4 Å². The molecule has 114 valence electrons. The maximum Gasteiger partial charge on any atom is 0.267 e. The summed E-state index contributed by atoms with van der Waals surface area (Å²) in [5.41, 5.74) is 0.806. The van der Waals surface area contributed by atoms with Gasteiger partial charge in [-0.1, -0.05) is 24.4 Å². The third kappa shape index (κ3) is 4.31. The van der Waals surface area contributed by atoms with E-state index < -0.39 is 10.1 Å². The molecule has 0 N–H and O–H groups in total. The van der Waals surface area contributed by atoms with Crippen LogP contribution in [0.2, 0.25) is 0 Å². The van der Waals surface area contributed by atoms with Crippen molar-refractivity contribution in [1.29, 1.82) is 0 Å². The van der Waals surface area contributed by atoms with Gasteiger partial charge in [-0.2, -0.15) is 8.42 Å². The molecule has 0 spiro atoms. The van der Waals surface area contributed by atoms with Crippen molar-refractivity contribution in [1.82, 2.24) is 5.16 Å². The lowest BCUT2D eigenvalue weighted by Crippen LogP contribution is -2.31. The number of hydrogen-bond donors (Lipinski definition) is 0. The summed E-state index contributed by atoms with van der Waals surface area (Å²) in [7, 11) is -3.44. The Kier molecular flexibility index (Phi) is 5.21. The van der Waals surface area contributed by atoms with Crippen LogP contribution in [0, 0.1) is 12.8 Å². The van der Waals surface area contributed by atoms with Crippen molar-refractivity contribution in [3.05, 3.63) is 17.5 Å². The number of aromatic nitrogens is 1. The van der Waals surface area contributed by atoms with E-state index >= 15 is 0 Å². The highest BCUT2D eigenvalue weighted by molar-refractivity contribution is 7.86. The van der Waals surface area contributed by atoms with Gasteiger partial charge in [-0.3, -0.25) is 4.18 Å². The normalized spacial score (nSPS) is 19.1. The minimum Gasteiger partial charge on any atom is -0.361 e. The summed E-state index contributed by atoms with van der Waals surface area (Å²) in [6.07, 6.45) is 5.72. The molecule has 20 heavy (non-hydrogen) atoms. The third-order valence-electron chi connectivity index (χ3n) is 3.88. The predicted octanol–water partition coefficient (Wildman–Crippen LogP) is 2.84. The average Bonchev–Trinajstić information content (AvgIpc) is 2.84. The Bertz CT molecular complexity index is 517. The molecule has 0 bridgehead atoms. The monoisotopic (exact) mass is 301 g/mol. The van der Waals surface area contributed by atoms with Gasteiger partial charge >= 0.3 is 0 Å². The van der Waals surface area contributed by atoms with Gasteiger partial charge in [0, 0.05) is 12.5 Å². The Morgan fingerprint density at radius 1 is 1.40 bits per heavy atom. The largest absolute Gasteiger partial charge is 0.361 e. The molecule has 0 amide bonds. The molecule has 0 saturated heterocycles. The second-order valence-electron chi connectivity index (χ2n) is 5.52. The van der Waals surface area contributed by atoms with E-state index in [1.54, 1.807) is 6.92 Å². The van der Waals surface area contributed by atoms with E-state index in [1.807, 2.05) is 13.0 Å². The van der Waals surface area contributed by atoms with Crippen LogP contribution in [0.15, 0.2) is 10.6 Å².